The molecule has 2 N–H and O–H groups in total. The lowest BCUT2D eigenvalue weighted by atomic mass is 10.0. The quantitative estimate of drug-likeness (QED) is 0.744. The third-order valence-electron chi connectivity index (χ3n) is 4.57. The minimum atomic E-state index is -3.21. The number of ether oxygens (including phenoxy) is 1. The van der Waals surface area contributed by atoms with Crippen LogP contribution in [0.3, 0.4) is 0 Å². The lowest BCUT2D eigenvalue weighted by Gasteiger charge is -2.24. The molecular formula is C20H22ClF2N3O2. The molecule has 28 heavy (non-hydrogen) atoms. The Bertz CT molecular complexity index is 865. The van der Waals surface area contributed by atoms with Crippen LogP contribution in [-0.4, -0.2) is 30.1 Å². The van der Waals surface area contributed by atoms with Gasteiger partial charge in [0, 0.05) is 37.9 Å². The summed E-state index contributed by atoms with van der Waals surface area (Å²) < 4.78 is 33.7. The van der Waals surface area contributed by atoms with Crippen LogP contribution in [-0.2, 0) is 10.7 Å². The standard InChI is InChI=1S/C20H22ClF2N3O2/c1-12-3-4-17(16(21)9-12)26-18-10-15(20(2,22)23)14(11-24-18)19(27)25-13-5-7-28-8-6-13/h3-4,9-11,13H,5-8H2,1-2H3,(H,24,26)(H,25,27). The first-order valence-electron chi connectivity index (χ1n) is 9.04. The van der Waals surface area contributed by atoms with E-state index in [1.54, 1.807) is 12.1 Å². The van der Waals surface area contributed by atoms with Gasteiger partial charge in [0.25, 0.3) is 11.8 Å². The Morgan fingerprint density at radius 3 is 2.64 bits per heavy atom. The summed E-state index contributed by atoms with van der Waals surface area (Å²) in [6.07, 6.45) is 2.48. The SMILES string of the molecule is Cc1ccc(Nc2cc(C(C)(F)F)c(C(=O)NC3CCOCC3)cn2)c(Cl)c1. The molecule has 0 aliphatic carbocycles. The molecule has 1 aliphatic heterocycles. The summed E-state index contributed by atoms with van der Waals surface area (Å²) in [6, 6.07) is 6.45. The summed E-state index contributed by atoms with van der Waals surface area (Å²) in [5.74, 6) is -3.58. The minimum absolute atomic E-state index is 0.0938. The van der Waals surface area contributed by atoms with Gasteiger partial charge in [-0.25, -0.2) is 13.8 Å². The molecule has 3 rings (SSSR count). The lowest BCUT2D eigenvalue weighted by Crippen LogP contribution is -2.39. The smallest absolute Gasteiger partial charge is 0.271 e. The van der Waals surface area contributed by atoms with Crippen LogP contribution in [0, 0.1) is 6.92 Å². The highest BCUT2D eigenvalue weighted by Crippen LogP contribution is 2.33. The molecule has 0 bridgehead atoms. The van der Waals surface area contributed by atoms with Gasteiger partial charge in [-0.3, -0.25) is 4.79 Å². The topological polar surface area (TPSA) is 63.2 Å². The number of aromatic nitrogens is 1. The summed E-state index contributed by atoms with van der Waals surface area (Å²) in [5.41, 5.74) is 0.992. The van der Waals surface area contributed by atoms with Crippen LogP contribution in [0.1, 0.15) is 41.3 Å². The molecule has 5 nitrogen and oxygen atoms in total. The zero-order valence-electron chi connectivity index (χ0n) is 15.7. The number of halogens is 3. The number of nitrogens with one attached hydrogen (secondary N) is 2. The molecule has 1 aliphatic rings. The Morgan fingerprint density at radius 1 is 1.29 bits per heavy atom. The van der Waals surface area contributed by atoms with Gasteiger partial charge in [-0.1, -0.05) is 17.7 Å². The Morgan fingerprint density at radius 2 is 2.00 bits per heavy atom. The van der Waals surface area contributed by atoms with Crippen molar-refractivity contribution in [1.29, 1.82) is 0 Å². The number of carbonyl (C=O) groups is 1. The number of hydrogen-bond donors (Lipinski definition) is 2. The molecule has 8 heteroatoms. The number of rotatable bonds is 5. The van der Waals surface area contributed by atoms with E-state index >= 15 is 0 Å². The van der Waals surface area contributed by atoms with Crippen molar-refractivity contribution < 1.29 is 18.3 Å². The van der Waals surface area contributed by atoms with Gasteiger partial charge in [0.1, 0.15) is 5.82 Å². The molecule has 1 saturated heterocycles. The van der Waals surface area contributed by atoms with E-state index in [4.69, 9.17) is 16.3 Å². The summed E-state index contributed by atoms with van der Waals surface area (Å²) in [4.78, 5) is 16.7. The maximum atomic E-state index is 14.2. The first-order valence-corrected chi connectivity index (χ1v) is 9.42. The van der Waals surface area contributed by atoms with E-state index in [2.05, 4.69) is 15.6 Å². The first kappa shape index (κ1) is 20.5. The van der Waals surface area contributed by atoms with Crippen molar-refractivity contribution in [3.63, 3.8) is 0 Å². The summed E-state index contributed by atoms with van der Waals surface area (Å²) in [5, 5.41) is 6.18. The Kier molecular flexibility index (Phi) is 6.15. The van der Waals surface area contributed by atoms with Crippen LogP contribution in [0.4, 0.5) is 20.3 Å². The first-order chi connectivity index (χ1) is 13.2. The number of nitrogens with zero attached hydrogens (tertiary/aromatic N) is 1. The second-order valence-electron chi connectivity index (χ2n) is 6.97. The largest absolute Gasteiger partial charge is 0.381 e. The van der Waals surface area contributed by atoms with Gasteiger partial charge in [-0.2, -0.15) is 0 Å². The Balaban J connectivity index is 1.86. The van der Waals surface area contributed by atoms with Crippen LogP contribution in [0.25, 0.3) is 0 Å². The molecule has 0 unspecified atom stereocenters. The van der Waals surface area contributed by atoms with Gasteiger partial charge in [0.15, 0.2) is 0 Å². The van der Waals surface area contributed by atoms with E-state index in [1.165, 1.54) is 12.3 Å². The number of hydrogen-bond acceptors (Lipinski definition) is 4. The van der Waals surface area contributed by atoms with Gasteiger partial charge in [-0.15, -0.1) is 0 Å². The monoisotopic (exact) mass is 409 g/mol. The van der Waals surface area contributed by atoms with Crippen LogP contribution in [0.2, 0.25) is 5.02 Å². The van der Waals surface area contributed by atoms with Crippen molar-refractivity contribution in [2.75, 3.05) is 18.5 Å². The fourth-order valence-electron chi connectivity index (χ4n) is 3.03. The molecular weight excluding hydrogens is 388 g/mol. The van der Waals surface area contributed by atoms with Crippen molar-refractivity contribution in [3.8, 4) is 0 Å². The van der Waals surface area contributed by atoms with Gasteiger partial charge < -0.3 is 15.4 Å². The summed E-state index contributed by atoms with van der Waals surface area (Å²) in [7, 11) is 0. The van der Waals surface area contributed by atoms with Gasteiger partial charge >= 0.3 is 0 Å². The average Bonchev–Trinajstić information content (AvgIpc) is 2.64. The van der Waals surface area contributed by atoms with Gasteiger partial charge in [0.05, 0.1) is 16.3 Å². The van der Waals surface area contributed by atoms with Gasteiger partial charge in [0.2, 0.25) is 0 Å². The Labute approximate surface area is 167 Å². The van der Waals surface area contributed by atoms with Gasteiger partial charge in [-0.05, 0) is 43.5 Å². The normalized spacial score (nSPS) is 15.3. The zero-order chi connectivity index (χ0) is 20.3. The molecule has 1 aromatic carbocycles. The molecule has 1 amide bonds. The number of anilines is 2. The second kappa shape index (κ2) is 8.41. The molecule has 1 fully saturated rings. The van der Waals surface area contributed by atoms with Crippen molar-refractivity contribution in [2.24, 2.45) is 0 Å². The molecule has 0 spiro atoms. The lowest BCUT2D eigenvalue weighted by molar-refractivity contribution is 0.0161. The number of benzene rings is 1. The fourth-order valence-corrected chi connectivity index (χ4v) is 3.31. The van der Waals surface area contributed by atoms with E-state index in [0.717, 1.165) is 12.5 Å². The second-order valence-corrected chi connectivity index (χ2v) is 7.38. The van der Waals surface area contributed by atoms with Crippen LogP contribution in [0.5, 0.6) is 0 Å². The molecule has 2 aromatic rings. The summed E-state index contributed by atoms with van der Waals surface area (Å²) >= 11 is 6.19. The number of amides is 1. The van der Waals surface area contributed by atoms with E-state index in [-0.39, 0.29) is 17.4 Å². The zero-order valence-corrected chi connectivity index (χ0v) is 16.4. The highest BCUT2D eigenvalue weighted by Gasteiger charge is 2.31. The number of aryl methyl sites for hydroxylation is 1. The highest BCUT2D eigenvalue weighted by molar-refractivity contribution is 6.33. The molecule has 0 saturated carbocycles. The van der Waals surface area contributed by atoms with E-state index in [0.29, 0.717) is 36.8 Å². The average molecular weight is 410 g/mol. The molecule has 150 valence electrons. The summed E-state index contributed by atoms with van der Waals surface area (Å²) in [6.45, 7) is 3.74. The molecule has 2 heterocycles. The minimum Gasteiger partial charge on any atom is -0.381 e. The van der Waals surface area contributed by atoms with Crippen molar-refractivity contribution >= 4 is 29.0 Å². The van der Waals surface area contributed by atoms with Crippen LogP contribution in [0.15, 0.2) is 30.5 Å². The highest BCUT2D eigenvalue weighted by atomic mass is 35.5. The van der Waals surface area contributed by atoms with Crippen molar-refractivity contribution in [1.82, 2.24) is 10.3 Å². The van der Waals surface area contributed by atoms with Crippen LogP contribution < -0.4 is 10.6 Å². The number of alkyl halides is 2. The van der Waals surface area contributed by atoms with E-state index < -0.39 is 17.4 Å². The van der Waals surface area contributed by atoms with E-state index in [1.807, 2.05) is 13.0 Å². The predicted molar refractivity (Wildman–Crippen MR) is 105 cm³/mol. The molecule has 0 radical (unpaired) electrons. The maximum Gasteiger partial charge on any atom is 0.271 e. The van der Waals surface area contributed by atoms with Crippen LogP contribution >= 0.6 is 11.6 Å². The fraction of sp³-hybridized carbons (Fsp3) is 0.400. The molecule has 0 atom stereocenters. The van der Waals surface area contributed by atoms with E-state index in [9.17, 15) is 13.6 Å². The third kappa shape index (κ3) is 4.97. The van der Waals surface area contributed by atoms with Crippen molar-refractivity contribution in [3.05, 3.63) is 52.2 Å². The predicted octanol–water partition coefficient (Wildman–Crippen LogP) is 4.81. The maximum absolute atomic E-state index is 14.2. The Hall–Kier alpha value is -2.25. The molecule has 1 aromatic heterocycles. The number of pyridine rings is 1. The number of carbonyl (C=O) groups excluding carboxylic acids is 1. The van der Waals surface area contributed by atoms with Crippen molar-refractivity contribution in [2.45, 2.75) is 38.7 Å². The third-order valence-corrected chi connectivity index (χ3v) is 4.88.